The maximum absolute atomic E-state index is 12.5. The third kappa shape index (κ3) is 6.00. The Morgan fingerprint density at radius 1 is 1.04 bits per heavy atom. The van der Waals surface area contributed by atoms with E-state index in [-0.39, 0.29) is 11.9 Å². The van der Waals surface area contributed by atoms with Crippen LogP contribution in [0.2, 0.25) is 0 Å². The molecule has 2 atom stereocenters. The van der Waals surface area contributed by atoms with Crippen LogP contribution in [0.1, 0.15) is 32.4 Å². The quantitative estimate of drug-likeness (QED) is 0.693. The smallest absolute Gasteiger partial charge is 0.260 e. The molecule has 2 aromatic rings. The van der Waals surface area contributed by atoms with Gasteiger partial charge in [0.1, 0.15) is 11.5 Å². The molecule has 27 heavy (non-hydrogen) atoms. The van der Waals surface area contributed by atoms with Crippen LogP contribution in [0.4, 0.5) is 0 Å². The molecule has 0 aliphatic heterocycles. The first-order valence-corrected chi connectivity index (χ1v) is 9.46. The second kappa shape index (κ2) is 10.6. The number of carbonyl (C=O) groups excluding carboxylic acids is 1. The van der Waals surface area contributed by atoms with Crippen LogP contribution in [0, 0.1) is 0 Å². The minimum Gasteiger partial charge on any atom is -0.497 e. The standard InChI is InChI=1S/C22H30N2O3/c1-5-24(6-2)21(18-11-10-14-20(15-18)26-4)16-23-22(25)17(3)27-19-12-8-7-9-13-19/h7-15,17,21H,5-6,16H2,1-4H3,(H,23,25). The number of hydrogen-bond acceptors (Lipinski definition) is 4. The Hall–Kier alpha value is -2.53. The molecule has 5 heteroatoms. The lowest BCUT2D eigenvalue weighted by Gasteiger charge is -2.31. The predicted molar refractivity (Wildman–Crippen MR) is 108 cm³/mol. The fourth-order valence-corrected chi connectivity index (χ4v) is 3.07. The number of rotatable bonds is 10. The number of para-hydroxylation sites is 1. The molecule has 1 amide bonds. The van der Waals surface area contributed by atoms with Gasteiger partial charge in [0, 0.05) is 6.54 Å². The number of likely N-dealkylation sites (N-methyl/N-ethyl adjacent to an activating group) is 1. The monoisotopic (exact) mass is 370 g/mol. The molecule has 0 saturated heterocycles. The van der Waals surface area contributed by atoms with E-state index in [0.717, 1.165) is 24.4 Å². The number of nitrogens with zero attached hydrogens (tertiary/aromatic N) is 1. The molecule has 0 fully saturated rings. The molecule has 2 aromatic carbocycles. The van der Waals surface area contributed by atoms with Crippen molar-refractivity contribution in [2.75, 3.05) is 26.7 Å². The minimum absolute atomic E-state index is 0.0722. The van der Waals surface area contributed by atoms with Gasteiger partial charge in [-0.3, -0.25) is 9.69 Å². The van der Waals surface area contributed by atoms with Gasteiger partial charge >= 0.3 is 0 Å². The van der Waals surface area contributed by atoms with Crippen LogP contribution in [-0.2, 0) is 4.79 Å². The first-order chi connectivity index (χ1) is 13.1. The molecule has 0 aromatic heterocycles. The average molecular weight is 370 g/mol. The predicted octanol–water partition coefficient (Wildman–Crippen LogP) is 3.66. The van der Waals surface area contributed by atoms with E-state index in [4.69, 9.17) is 9.47 Å². The van der Waals surface area contributed by atoms with E-state index in [1.165, 1.54) is 0 Å². The highest BCUT2D eigenvalue weighted by atomic mass is 16.5. The average Bonchev–Trinajstić information content (AvgIpc) is 2.71. The number of carbonyl (C=O) groups is 1. The van der Waals surface area contributed by atoms with Gasteiger partial charge in [-0.05, 0) is 49.8 Å². The lowest BCUT2D eigenvalue weighted by Crippen LogP contribution is -2.42. The van der Waals surface area contributed by atoms with Gasteiger partial charge in [0.15, 0.2) is 6.10 Å². The van der Waals surface area contributed by atoms with E-state index in [1.807, 2.05) is 48.5 Å². The van der Waals surface area contributed by atoms with Crippen LogP contribution in [0.5, 0.6) is 11.5 Å². The van der Waals surface area contributed by atoms with E-state index in [1.54, 1.807) is 14.0 Å². The Labute approximate surface area is 162 Å². The molecule has 0 radical (unpaired) electrons. The summed E-state index contributed by atoms with van der Waals surface area (Å²) in [6.07, 6.45) is -0.560. The molecule has 0 aliphatic carbocycles. The second-order valence-electron chi connectivity index (χ2n) is 6.33. The number of ether oxygens (including phenoxy) is 2. The molecule has 0 aliphatic rings. The maximum atomic E-state index is 12.5. The molecule has 5 nitrogen and oxygen atoms in total. The van der Waals surface area contributed by atoms with Crippen molar-refractivity contribution in [3.05, 3.63) is 60.2 Å². The zero-order valence-electron chi connectivity index (χ0n) is 16.6. The molecule has 0 heterocycles. The molecule has 0 saturated carbocycles. The third-order valence-corrected chi connectivity index (χ3v) is 4.63. The van der Waals surface area contributed by atoms with Gasteiger partial charge in [-0.15, -0.1) is 0 Å². The van der Waals surface area contributed by atoms with Crippen molar-refractivity contribution in [1.29, 1.82) is 0 Å². The van der Waals surface area contributed by atoms with Crippen LogP contribution >= 0.6 is 0 Å². The minimum atomic E-state index is -0.560. The van der Waals surface area contributed by atoms with Crippen LogP contribution in [-0.4, -0.2) is 43.7 Å². The van der Waals surface area contributed by atoms with Crippen molar-refractivity contribution in [2.45, 2.75) is 32.9 Å². The van der Waals surface area contributed by atoms with E-state index in [9.17, 15) is 4.79 Å². The fraction of sp³-hybridized carbons (Fsp3) is 0.409. The Bertz CT molecular complexity index is 702. The number of nitrogens with one attached hydrogen (secondary N) is 1. The highest BCUT2D eigenvalue weighted by molar-refractivity contribution is 5.80. The van der Waals surface area contributed by atoms with Crippen LogP contribution in [0.25, 0.3) is 0 Å². The summed E-state index contributed by atoms with van der Waals surface area (Å²) in [4.78, 5) is 14.8. The topological polar surface area (TPSA) is 50.8 Å². The van der Waals surface area contributed by atoms with Crippen molar-refractivity contribution in [2.24, 2.45) is 0 Å². The normalized spacial score (nSPS) is 13.1. The van der Waals surface area contributed by atoms with Crippen molar-refractivity contribution in [1.82, 2.24) is 10.2 Å². The molecule has 2 rings (SSSR count). The van der Waals surface area contributed by atoms with Crippen molar-refractivity contribution >= 4 is 5.91 Å². The van der Waals surface area contributed by atoms with E-state index in [2.05, 4.69) is 30.1 Å². The fourth-order valence-electron chi connectivity index (χ4n) is 3.07. The van der Waals surface area contributed by atoms with Crippen LogP contribution in [0.3, 0.4) is 0 Å². The lowest BCUT2D eigenvalue weighted by molar-refractivity contribution is -0.127. The largest absolute Gasteiger partial charge is 0.497 e. The zero-order chi connectivity index (χ0) is 19.6. The van der Waals surface area contributed by atoms with Gasteiger partial charge in [-0.1, -0.05) is 44.2 Å². The number of amides is 1. The summed E-state index contributed by atoms with van der Waals surface area (Å²) in [6, 6.07) is 17.5. The highest BCUT2D eigenvalue weighted by Gasteiger charge is 2.21. The Morgan fingerprint density at radius 3 is 2.33 bits per heavy atom. The Balaban J connectivity index is 2.05. The van der Waals surface area contributed by atoms with Gasteiger partial charge in [0.25, 0.3) is 5.91 Å². The van der Waals surface area contributed by atoms with Gasteiger partial charge in [0.2, 0.25) is 0 Å². The first-order valence-electron chi connectivity index (χ1n) is 9.46. The maximum Gasteiger partial charge on any atom is 0.260 e. The van der Waals surface area contributed by atoms with Crippen molar-refractivity contribution in [3.63, 3.8) is 0 Å². The molecular formula is C22H30N2O3. The number of methoxy groups -OCH3 is 1. The molecule has 146 valence electrons. The summed E-state index contributed by atoms with van der Waals surface area (Å²) in [7, 11) is 1.66. The number of benzene rings is 2. The molecule has 0 bridgehead atoms. The van der Waals surface area contributed by atoms with E-state index in [0.29, 0.717) is 12.3 Å². The molecular weight excluding hydrogens is 340 g/mol. The van der Waals surface area contributed by atoms with Crippen molar-refractivity contribution in [3.8, 4) is 11.5 Å². The zero-order valence-corrected chi connectivity index (χ0v) is 16.6. The van der Waals surface area contributed by atoms with Crippen molar-refractivity contribution < 1.29 is 14.3 Å². The number of hydrogen-bond donors (Lipinski definition) is 1. The van der Waals surface area contributed by atoms with Gasteiger partial charge in [-0.2, -0.15) is 0 Å². The van der Waals surface area contributed by atoms with Gasteiger partial charge in [-0.25, -0.2) is 0 Å². The summed E-state index contributed by atoms with van der Waals surface area (Å²) in [5.74, 6) is 1.38. The first kappa shape index (κ1) is 20.8. The molecule has 0 spiro atoms. The summed E-state index contributed by atoms with van der Waals surface area (Å²) < 4.78 is 11.1. The van der Waals surface area contributed by atoms with Gasteiger partial charge < -0.3 is 14.8 Å². The van der Waals surface area contributed by atoms with Crippen LogP contribution in [0.15, 0.2) is 54.6 Å². The summed E-state index contributed by atoms with van der Waals surface area (Å²) in [5, 5.41) is 3.04. The van der Waals surface area contributed by atoms with Gasteiger partial charge in [0.05, 0.1) is 13.2 Å². The molecule has 2 unspecified atom stereocenters. The highest BCUT2D eigenvalue weighted by Crippen LogP contribution is 2.24. The second-order valence-corrected chi connectivity index (χ2v) is 6.33. The SMILES string of the molecule is CCN(CC)C(CNC(=O)C(C)Oc1ccccc1)c1cccc(OC)c1. The summed E-state index contributed by atoms with van der Waals surface area (Å²) in [5.41, 5.74) is 1.12. The third-order valence-electron chi connectivity index (χ3n) is 4.63. The van der Waals surface area contributed by atoms with E-state index >= 15 is 0 Å². The Morgan fingerprint density at radius 2 is 1.70 bits per heavy atom. The summed E-state index contributed by atoms with van der Waals surface area (Å²) in [6.45, 7) is 8.31. The lowest BCUT2D eigenvalue weighted by atomic mass is 10.0. The van der Waals surface area contributed by atoms with E-state index < -0.39 is 6.10 Å². The molecule has 1 N–H and O–H groups in total. The van der Waals surface area contributed by atoms with Crippen LogP contribution < -0.4 is 14.8 Å². The Kier molecular flexibility index (Phi) is 8.14. The summed E-state index contributed by atoms with van der Waals surface area (Å²) >= 11 is 0.